The van der Waals surface area contributed by atoms with Gasteiger partial charge in [-0.1, -0.05) is 19.1 Å². The quantitative estimate of drug-likeness (QED) is 0.354. The number of nitrogens with zero attached hydrogens (tertiary/aromatic N) is 3. The van der Waals surface area contributed by atoms with Crippen molar-refractivity contribution in [1.29, 1.82) is 0 Å². The second-order valence-corrected chi connectivity index (χ2v) is 8.54. The molecule has 0 saturated carbocycles. The zero-order chi connectivity index (χ0) is 22.8. The summed E-state index contributed by atoms with van der Waals surface area (Å²) in [5.41, 5.74) is 6.30. The molecule has 0 spiro atoms. The van der Waals surface area contributed by atoms with E-state index in [2.05, 4.69) is 44.6 Å². The first-order valence-electron chi connectivity index (χ1n) is 11.3. The maximum Gasteiger partial charge on any atom is 0.150 e. The van der Waals surface area contributed by atoms with Crippen LogP contribution in [0.15, 0.2) is 47.8 Å². The molecule has 1 aromatic carbocycles. The molecule has 1 aliphatic rings. The summed E-state index contributed by atoms with van der Waals surface area (Å²) in [5, 5.41) is 9.07. The van der Waals surface area contributed by atoms with E-state index in [1.807, 2.05) is 36.5 Å². The van der Waals surface area contributed by atoms with Crippen LogP contribution in [0.5, 0.6) is 5.75 Å². The van der Waals surface area contributed by atoms with Gasteiger partial charge in [0, 0.05) is 29.1 Å². The Morgan fingerprint density at radius 1 is 1.18 bits per heavy atom. The maximum atomic E-state index is 15.1. The molecule has 3 aromatic heterocycles. The molecule has 7 nitrogen and oxygen atoms in total. The molecule has 0 saturated heterocycles. The fraction of sp³-hybridized carbons (Fsp3) is 0.320. The first kappa shape index (κ1) is 21.3. The number of hydrogen-bond acceptors (Lipinski definition) is 6. The zero-order valence-corrected chi connectivity index (χ0v) is 18.8. The van der Waals surface area contributed by atoms with Crippen molar-refractivity contribution in [3.8, 4) is 16.9 Å². The first-order valence-corrected chi connectivity index (χ1v) is 11.3. The Labute approximate surface area is 191 Å². The van der Waals surface area contributed by atoms with Gasteiger partial charge in [-0.05, 0) is 50.2 Å². The van der Waals surface area contributed by atoms with E-state index in [1.54, 1.807) is 6.20 Å². The maximum absolute atomic E-state index is 15.1. The van der Waals surface area contributed by atoms with Crippen molar-refractivity contribution < 1.29 is 9.13 Å². The van der Waals surface area contributed by atoms with E-state index in [-0.39, 0.29) is 11.2 Å². The predicted molar refractivity (Wildman–Crippen MR) is 129 cm³/mol. The van der Waals surface area contributed by atoms with Crippen LogP contribution in [0.4, 0.5) is 4.39 Å². The highest BCUT2D eigenvalue weighted by molar-refractivity contribution is 6.13. The van der Waals surface area contributed by atoms with Crippen LogP contribution in [0, 0.1) is 5.82 Å². The van der Waals surface area contributed by atoms with Crippen molar-refractivity contribution in [2.24, 2.45) is 5.10 Å². The molecule has 1 atom stereocenters. The Kier molecular flexibility index (Phi) is 5.68. The number of fused-ring (bicyclic) bond motifs is 3. The number of halogens is 1. The van der Waals surface area contributed by atoms with Crippen LogP contribution < -0.4 is 15.5 Å². The molecule has 1 aliphatic heterocycles. The third-order valence-electron chi connectivity index (χ3n) is 6.09. The molecule has 8 heteroatoms. The van der Waals surface area contributed by atoms with Gasteiger partial charge in [-0.2, -0.15) is 5.10 Å². The summed E-state index contributed by atoms with van der Waals surface area (Å²) < 4.78 is 21.0. The normalized spacial score (nSPS) is 17.7. The standard InChI is InChI=1S/C25H27FN6O/c1-3-27-9-4-10-33-17-7-5-16(6-8-17)22-19(26)12-29-24-23(22)18-11-21(28-13-20(18)32-24)25(2)14-30-31-15-25/h5-8,11-14,27,31H,3-4,9-10,15H2,1-2H3,(H,29,32). The van der Waals surface area contributed by atoms with E-state index in [0.717, 1.165) is 52.8 Å². The van der Waals surface area contributed by atoms with Gasteiger partial charge in [0.2, 0.25) is 0 Å². The molecule has 170 valence electrons. The number of hydrogen-bond donors (Lipinski definition) is 3. The summed E-state index contributed by atoms with van der Waals surface area (Å²) in [6.07, 6.45) is 5.85. The van der Waals surface area contributed by atoms with Gasteiger partial charge < -0.3 is 20.5 Å². The van der Waals surface area contributed by atoms with Crippen molar-refractivity contribution in [2.75, 3.05) is 26.2 Å². The van der Waals surface area contributed by atoms with E-state index >= 15 is 4.39 Å². The third kappa shape index (κ3) is 4.02. The minimum atomic E-state index is -0.364. The zero-order valence-electron chi connectivity index (χ0n) is 18.8. The van der Waals surface area contributed by atoms with Crippen LogP contribution in [0.25, 0.3) is 33.1 Å². The summed E-state index contributed by atoms with van der Waals surface area (Å²) in [6.45, 7) is 7.35. The van der Waals surface area contributed by atoms with Crippen molar-refractivity contribution in [3.05, 3.63) is 54.2 Å². The number of H-pyrrole nitrogens is 1. The lowest BCUT2D eigenvalue weighted by Gasteiger charge is -2.18. The Hall–Kier alpha value is -3.52. The smallest absolute Gasteiger partial charge is 0.150 e. The molecule has 0 radical (unpaired) electrons. The Morgan fingerprint density at radius 2 is 2.03 bits per heavy atom. The van der Waals surface area contributed by atoms with Gasteiger partial charge in [0.05, 0.1) is 35.6 Å². The van der Waals surface area contributed by atoms with Gasteiger partial charge in [-0.15, -0.1) is 0 Å². The number of aromatic nitrogens is 3. The summed E-state index contributed by atoms with van der Waals surface area (Å²) in [4.78, 5) is 12.2. The fourth-order valence-corrected chi connectivity index (χ4v) is 4.21. The van der Waals surface area contributed by atoms with Crippen LogP contribution in [0.2, 0.25) is 0 Å². The number of nitrogens with one attached hydrogen (secondary N) is 3. The van der Waals surface area contributed by atoms with Crippen molar-refractivity contribution in [2.45, 2.75) is 25.7 Å². The van der Waals surface area contributed by atoms with Gasteiger partial charge in [0.25, 0.3) is 0 Å². The second kappa shape index (κ2) is 8.78. The van der Waals surface area contributed by atoms with Crippen LogP contribution in [-0.2, 0) is 5.41 Å². The van der Waals surface area contributed by atoms with Crippen LogP contribution in [0.3, 0.4) is 0 Å². The highest BCUT2D eigenvalue weighted by atomic mass is 19.1. The molecule has 4 heterocycles. The molecule has 0 bridgehead atoms. The molecule has 1 unspecified atom stereocenters. The molecule has 0 aliphatic carbocycles. The highest BCUT2D eigenvalue weighted by Gasteiger charge is 2.30. The minimum Gasteiger partial charge on any atom is -0.494 e. The molecular weight excluding hydrogens is 419 g/mol. The molecule has 0 amide bonds. The fourth-order valence-electron chi connectivity index (χ4n) is 4.21. The van der Waals surface area contributed by atoms with Crippen LogP contribution in [0.1, 0.15) is 26.0 Å². The molecule has 33 heavy (non-hydrogen) atoms. The summed E-state index contributed by atoms with van der Waals surface area (Å²) >= 11 is 0. The van der Waals surface area contributed by atoms with Gasteiger partial charge in [0.15, 0.2) is 0 Å². The number of pyridine rings is 2. The molecule has 5 rings (SSSR count). The van der Waals surface area contributed by atoms with Gasteiger partial charge in [-0.25, -0.2) is 9.37 Å². The first-order chi connectivity index (χ1) is 16.1. The van der Waals surface area contributed by atoms with E-state index < -0.39 is 0 Å². The molecule has 4 aromatic rings. The van der Waals surface area contributed by atoms with Crippen LogP contribution in [-0.4, -0.2) is 47.4 Å². The second-order valence-electron chi connectivity index (χ2n) is 8.54. The minimum absolute atomic E-state index is 0.315. The summed E-state index contributed by atoms with van der Waals surface area (Å²) in [6, 6.07) is 9.58. The highest BCUT2D eigenvalue weighted by Crippen LogP contribution is 2.37. The third-order valence-corrected chi connectivity index (χ3v) is 6.09. The lowest BCUT2D eigenvalue weighted by atomic mass is 9.88. The monoisotopic (exact) mass is 446 g/mol. The Balaban J connectivity index is 1.52. The number of benzene rings is 1. The van der Waals surface area contributed by atoms with E-state index in [9.17, 15) is 0 Å². The lowest BCUT2D eigenvalue weighted by molar-refractivity contribution is 0.309. The average molecular weight is 447 g/mol. The Bertz CT molecular complexity index is 1320. The molecule has 3 N–H and O–H groups in total. The molecular formula is C25H27FN6O. The number of hydrazone groups is 1. The van der Waals surface area contributed by atoms with E-state index in [0.29, 0.717) is 24.4 Å². The van der Waals surface area contributed by atoms with Crippen LogP contribution >= 0.6 is 0 Å². The SMILES string of the molecule is CCNCCCOc1ccc(-c2c(F)cnc3[nH]c4cnc(C5(C)C=NNC5)cc4c23)cc1. The number of aromatic amines is 1. The van der Waals surface area contributed by atoms with Gasteiger partial charge >= 0.3 is 0 Å². The van der Waals surface area contributed by atoms with Crippen molar-refractivity contribution in [3.63, 3.8) is 0 Å². The number of rotatable bonds is 8. The number of ether oxygens (including phenoxy) is 1. The summed E-state index contributed by atoms with van der Waals surface area (Å²) in [7, 11) is 0. The topological polar surface area (TPSA) is 87.2 Å². The van der Waals surface area contributed by atoms with Gasteiger partial charge in [-0.3, -0.25) is 4.98 Å². The van der Waals surface area contributed by atoms with Crippen molar-refractivity contribution in [1.82, 2.24) is 25.7 Å². The van der Waals surface area contributed by atoms with E-state index in [1.165, 1.54) is 6.20 Å². The molecule has 0 fully saturated rings. The average Bonchev–Trinajstić information content (AvgIpc) is 3.43. The lowest BCUT2D eigenvalue weighted by Crippen LogP contribution is -2.29. The van der Waals surface area contributed by atoms with E-state index in [4.69, 9.17) is 4.74 Å². The van der Waals surface area contributed by atoms with Gasteiger partial charge in [0.1, 0.15) is 17.2 Å². The Morgan fingerprint density at radius 3 is 2.79 bits per heavy atom. The largest absolute Gasteiger partial charge is 0.494 e. The predicted octanol–water partition coefficient (Wildman–Crippen LogP) is 4.14. The van der Waals surface area contributed by atoms with Crippen molar-refractivity contribution >= 4 is 28.2 Å². The summed E-state index contributed by atoms with van der Waals surface area (Å²) in [5.74, 6) is 0.406.